The minimum atomic E-state index is -0.522. The highest BCUT2D eigenvalue weighted by Crippen LogP contribution is 2.31. The number of methoxy groups -OCH3 is 2. The van der Waals surface area contributed by atoms with E-state index in [9.17, 15) is 10.1 Å². The molecule has 1 heterocycles. The Kier molecular flexibility index (Phi) is 4.83. The molecule has 2 aromatic rings. The molecular formula is C13H12N2O5S. The van der Waals surface area contributed by atoms with Crippen LogP contribution in [0.4, 0.5) is 5.69 Å². The summed E-state index contributed by atoms with van der Waals surface area (Å²) in [7, 11) is 3.00. The number of ether oxygens (including phenoxy) is 2. The predicted molar refractivity (Wildman–Crippen MR) is 76.9 cm³/mol. The third-order valence-corrected chi connectivity index (χ3v) is 3.23. The third kappa shape index (κ3) is 3.76. The monoisotopic (exact) mass is 308 g/mol. The standard InChI is InChI=1S/C13H12N2O5S/c1-18-9-3-5-10(6-4-9)20-21-13-11(15(16)17)7-8-12(14-13)19-2/h3-8H,1-2H3. The number of pyridine rings is 1. The average molecular weight is 308 g/mol. The fourth-order valence-corrected chi connectivity index (χ4v) is 2.09. The Labute approximate surface area is 125 Å². The number of benzene rings is 1. The van der Waals surface area contributed by atoms with Gasteiger partial charge in [0.25, 0.3) is 0 Å². The van der Waals surface area contributed by atoms with Crippen molar-refractivity contribution in [3.8, 4) is 17.4 Å². The molecule has 0 unspecified atom stereocenters. The zero-order valence-electron chi connectivity index (χ0n) is 11.3. The Balaban J connectivity index is 2.15. The fraction of sp³-hybridized carbons (Fsp3) is 0.154. The number of nitrogens with zero attached hydrogens (tertiary/aromatic N) is 2. The van der Waals surface area contributed by atoms with E-state index in [0.717, 1.165) is 12.0 Å². The number of aromatic nitrogens is 1. The Bertz CT molecular complexity index is 633. The minimum absolute atomic E-state index is 0.121. The van der Waals surface area contributed by atoms with Crippen molar-refractivity contribution in [2.45, 2.75) is 5.03 Å². The van der Waals surface area contributed by atoms with Crippen LogP contribution in [0.2, 0.25) is 0 Å². The van der Waals surface area contributed by atoms with E-state index < -0.39 is 4.92 Å². The van der Waals surface area contributed by atoms with Gasteiger partial charge >= 0.3 is 5.69 Å². The first-order chi connectivity index (χ1) is 10.1. The molecule has 0 aliphatic rings. The van der Waals surface area contributed by atoms with Crippen molar-refractivity contribution < 1.29 is 18.6 Å². The summed E-state index contributed by atoms with van der Waals surface area (Å²) in [6.45, 7) is 0. The van der Waals surface area contributed by atoms with E-state index in [0.29, 0.717) is 11.5 Å². The molecule has 0 bridgehead atoms. The second kappa shape index (κ2) is 6.80. The second-order valence-electron chi connectivity index (χ2n) is 3.78. The van der Waals surface area contributed by atoms with Gasteiger partial charge < -0.3 is 13.7 Å². The van der Waals surface area contributed by atoms with Gasteiger partial charge in [0.2, 0.25) is 10.9 Å². The molecule has 110 valence electrons. The van der Waals surface area contributed by atoms with Crippen LogP contribution in [-0.2, 0) is 0 Å². The van der Waals surface area contributed by atoms with Gasteiger partial charge in [-0.1, -0.05) is 0 Å². The first-order valence-corrected chi connectivity index (χ1v) is 6.56. The Morgan fingerprint density at radius 1 is 1.05 bits per heavy atom. The molecule has 8 heteroatoms. The summed E-state index contributed by atoms with van der Waals surface area (Å²) in [6, 6.07) is 9.59. The minimum Gasteiger partial charge on any atom is -0.497 e. The summed E-state index contributed by atoms with van der Waals surface area (Å²) >= 11 is 0.798. The number of hydrogen-bond donors (Lipinski definition) is 0. The summed E-state index contributed by atoms with van der Waals surface area (Å²) in [6.07, 6.45) is 0. The van der Waals surface area contributed by atoms with E-state index in [1.54, 1.807) is 31.4 Å². The molecule has 1 aromatic carbocycles. The van der Waals surface area contributed by atoms with Crippen LogP contribution in [0.3, 0.4) is 0 Å². The van der Waals surface area contributed by atoms with Crippen LogP contribution in [0.15, 0.2) is 41.4 Å². The zero-order chi connectivity index (χ0) is 15.2. The summed E-state index contributed by atoms with van der Waals surface area (Å²) in [5, 5.41) is 11.1. The van der Waals surface area contributed by atoms with Crippen LogP contribution < -0.4 is 13.7 Å². The first kappa shape index (κ1) is 14.9. The van der Waals surface area contributed by atoms with E-state index in [-0.39, 0.29) is 16.6 Å². The van der Waals surface area contributed by atoms with Crippen LogP contribution in [0.5, 0.6) is 17.4 Å². The van der Waals surface area contributed by atoms with Gasteiger partial charge in [0.05, 0.1) is 19.1 Å². The Morgan fingerprint density at radius 3 is 2.29 bits per heavy atom. The SMILES string of the molecule is COc1ccc(OSc2nc(OC)ccc2[N+](=O)[O-])cc1. The lowest BCUT2D eigenvalue weighted by Gasteiger charge is -2.06. The van der Waals surface area contributed by atoms with Crippen molar-refractivity contribution in [2.24, 2.45) is 0 Å². The number of hydrogen-bond acceptors (Lipinski definition) is 7. The zero-order valence-corrected chi connectivity index (χ0v) is 12.1. The normalized spacial score (nSPS) is 10.0. The van der Waals surface area contributed by atoms with Crippen molar-refractivity contribution >= 4 is 17.7 Å². The Hall–Kier alpha value is -2.48. The molecule has 1 aromatic heterocycles. The van der Waals surface area contributed by atoms with Gasteiger partial charge in [-0.05, 0) is 24.3 Å². The topological polar surface area (TPSA) is 83.7 Å². The van der Waals surface area contributed by atoms with Crippen molar-refractivity contribution in [1.82, 2.24) is 4.98 Å². The second-order valence-corrected chi connectivity index (χ2v) is 4.50. The predicted octanol–water partition coefficient (Wildman–Crippen LogP) is 3.09. The molecule has 0 amide bonds. The van der Waals surface area contributed by atoms with Crippen LogP contribution in [0, 0.1) is 10.1 Å². The van der Waals surface area contributed by atoms with Gasteiger partial charge in [0.15, 0.2) is 0 Å². The van der Waals surface area contributed by atoms with Gasteiger partial charge in [-0.2, -0.15) is 4.98 Å². The largest absolute Gasteiger partial charge is 0.497 e. The third-order valence-electron chi connectivity index (χ3n) is 2.50. The molecule has 0 N–H and O–H groups in total. The van der Waals surface area contributed by atoms with E-state index in [1.165, 1.54) is 19.2 Å². The highest BCUT2D eigenvalue weighted by Gasteiger charge is 2.18. The smallest absolute Gasteiger partial charge is 0.305 e. The van der Waals surface area contributed by atoms with Crippen molar-refractivity contribution in [1.29, 1.82) is 0 Å². The number of nitro groups is 1. The molecule has 0 aliphatic carbocycles. The van der Waals surface area contributed by atoms with Gasteiger partial charge in [-0.3, -0.25) is 10.1 Å². The van der Waals surface area contributed by atoms with Gasteiger partial charge in [0, 0.05) is 12.1 Å². The molecule has 0 saturated carbocycles. The van der Waals surface area contributed by atoms with E-state index in [1.807, 2.05) is 0 Å². The van der Waals surface area contributed by atoms with Crippen molar-refractivity contribution in [3.05, 3.63) is 46.5 Å². The maximum absolute atomic E-state index is 11.0. The molecule has 2 rings (SSSR count). The fourth-order valence-electron chi connectivity index (χ4n) is 1.45. The highest BCUT2D eigenvalue weighted by molar-refractivity contribution is 7.95. The van der Waals surface area contributed by atoms with Crippen molar-refractivity contribution in [3.63, 3.8) is 0 Å². The lowest BCUT2D eigenvalue weighted by molar-refractivity contribution is -0.388. The molecule has 0 radical (unpaired) electrons. The van der Waals surface area contributed by atoms with E-state index in [4.69, 9.17) is 13.7 Å². The van der Waals surface area contributed by atoms with Gasteiger partial charge in [-0.15, -0.1) is 0 Å². The highest BCUT2D eigenvalue weighted by atomic mass is 32.2. The molecule has 0 spiro atoms. The molecule has 0 atom stereocenters. The van der Waals surface area contributed by atoms with E-state index >= 15 is 0 Å². The molecule has 21 heavy (non-hydrogen) atoms. The van der Waals surface area contributed by atoms with Gasteiger partial charge in [-0.25, -0.2) is 0 Å². The lowest BCUT2D eigenvalue weighted by Crippen LogP contribution is -1.97. The summed E-state index contributed by atoms with van der Waals surface area (Å²) in [5.74, 6) is 1.50. The number of rotatable bonds is 6. The van der Waals surface area contributed by atoms with Crippen LogP contribution in [0.1, 0.15) is 0 Å². The maximum Gasteiger partial charge on any atom is 0.305 e. The quantitative estimate of drug-likeness (QED) is 0.460. The maximum atomic E-state index is 11.0. The molecule has 0 fully saturated rings. The van der Waals surface area contributed by atoms with E-state index in [2.05, 4.69) is 4.98 Å². The lowest BCUT2D eigenvalue weighted by atomic mass is 10.3. The molecule has 7 nitrogen and oxygen atoms in total. The summed E-state index contributed by atoms with van der Waals surface area (Å²) in [5.41, 5.74) is -0.144. The summed E-state index contributed by atoms with van der Waals surface area (Å²) < 4.78 is 15.4. The van der Waals surface area contributed by atoms with Gasteiger partial charge in [0.1, 0.15) is 23.5 Å². The summed E-state index contributed by atoms with van der Waals surface area (Å²) in [4.78, 5) is 14.4. The molecule has 0 saturated heterocycles. The average Bonchev–Trinajstić information content (AvgIpc) is 2.52. The molecule has 0 aliphatic heterocycles. The van der Waals surface area contributed by atoms with Crippen LogP contribution in [-0.4, -0.2) is 24.1 Å². The molecular weight excluding hydrogens is 296 g/mol. The van der Waals surface area contributed by atoms with Crippen LogP contribution >= 0.6 is 12.0 Å². The first-order valence-electron chi connectivity index (χ1n) is 5.82. The Morgan fingerprint density at radius 2 is 1.71 bits per heavy atom. The van der Waals surface area contributed by atoms with Crippen molar-refractivity contribution in [2.75, 3.05) is 14.2 Å². The van der Waals surface area contributed by atoms with Crippen LogP contribution in [0.25, 0.3) is 0 Å².